The summed E-state index contributed by atoms with van der Waals surface area (Å²) in [5.74, 6) is -1.00. The Hall–Kier alpha value is -2.70. The average molecular weight is 584 g/mol. The Morgan fingerprint density at radius 1 is 1.03 bits per heavy atom. The lowest BCUT2D eigenvalue weighted by Gasteiger charge is -2.31. The van der Waals surface area contributed by atoms with Crippen LogP contribution in [-0.4, -0.2) is 45.1 Å². The molecule has 0 aliphatic carbocycles. The molecular weight excluding hydrogens is 559 g/mol. The summed E-state index contributed by atoms with van der Waals surface area (Å²) in [5.41, 5.74) is 0.833. The Labute approximate surface area is 225 Å². The second kappa shape index (κ2) is 11.4. The molecule has 1 amide bonds. The second-order valence-corrected chi connectivity index (χ2v) is 13.0. The van der Waals surface area contributed by atoms with Gasteiger partial charge in [-0.05, 0) is 66.9 Å². The number of aromatic nitrogens is 1. The molecule has 2 heterocycles. The fourth-order valence-corrected chi connectivity index (χ4v) is 7.12. The number of rotatable bonds is 8. The maximum absolute atomic E-state index is 13.0. The number of anilines is 2. The van der Waals surface area contributed by atoms with E-state index in [1.807, 2.05) is 0 Å². The third-order valence-corrected chi connectivity index (χ3v) is 9.59. The highest BCUT2D eigenvalue weighted by Gasteiger charge is 2.33. The summed E-state index contributed by atoms with van der Waals surface area (Å²) in [6.07, 6.45) is 2.53. The van der Waals surface area contributed by atoms with Crippen molar-refractivity contribution in [1.29, 1.82) is 0 Å². The lowest BCUT2D eigenvalue weighted by Crippen LogP contribution is -2.44. The van der Waals surface area contributed by atoms with Crippen molar-refractivity contribution in [2.45, 2.75) is 23.5 Å². The maximum atomic E-state index is 13.0. The molecule has 1 aliphatic rings. The van der Waals surface area contributed by atoms with Crippen LogP contribution in [0.2, 0.25) is 10.0 Å². The molecule has 0 saturated carbocycles. The van der Waals surface area contributed by atoms with Gasteiger partial charge >= 0.3 is 0 Å². The van der Waals surface area contributed by atoms with Crippen LogP contribution in [0.1, 0.15) is 18.4 Å². The number of nitrogens with one attached hydrogen (secondary N) is 2. The Kier molecular flexibility index (Phi) is 8.39. The predicted molar refractivity (Wildman–Crippen MR) is 143 cm³/mol. The van der Waals surface area contributed by atoms with Crippen molar-refractivity contribution < 1.29 is 21.6 Å². The minimum absolute atomic E-state index is 0.00643. The highest BCUT2D eigenvalue weighted by Crippen LogP contribution is 2.27. The van der Waals surface area contributed by atoms with Gasteiger partial charge in [-0.2, -0.15) is 0 Å². The SMILES string of the molecule is O=C(Nc1ccc(S(=O)(=O)Nc2ccccn2)cc1)[C@@H]1CCCN(S(=O)(=O)Cc2ccc(Cl)cc2Cl)C1. The molecule has 0 bridgehead atoms. The van der Waals surface area contributed by atoms with Crippen molar-refractivity contribution in [2.75, 3.05) is 23.1 Å². The minimum atomic E-state index is -3.85. The zero-order valence-electron chi connectivity index (χ0n) is 19.5. The number of benzene rings is 2. The van der Waals surface area contributed by atoms with Gasteiger partial charge in [-0.1, -0.05) is 35.3 Å². The first kappa shape index (κ1) is 27.3. The summed E-state index contributed by atoms with van der Waals surface area (Å²) in [6, 6.07) is 15.2. The summed E-state index contributed by atoms with van der Waals surface area (Å²) in [6.45, 7) is 0.354. The molecule has 37 heavy (non-hydrogen) atoms. The van der Waals surface area contributed by atoms with Crippen LogP contribution in [0.15, 0.2) is 71.8 Å². The van der Waals surface area contributed by atoms with Crippen LogP contribution in [0.3, 0.4) is 0 Å². The number of nitrogens with zero attached hydrogens (tertiary/aromatic N) is 2. The molecule has 2 aromatic carbocycles. The van der Waals surface area contributed by atoms with Crippen LogP contribution in [-0.2, 0) is 30.6 Å². The molecule has 0 unspecified atom stereocenters. The molecule has 196 valence electrons. The number of carbonyl (C=O) groups is 1. The van der Waals surface area contributed by atoms with Crippen LogP contribution >= 0.6 is 23.2 Å². The van der Waals surface area contributed by atoms with E-state index in [0.29, 0.717) is 35.7 Å². The first-order valence-corrected chi connectivity index (χ1v) is 15.1. The molecular formula is C24H24Cl2N4O5S2. The minimum Gasteiger partial charge on any atom is -0.326 e. The topological polar surface area (TPSA) is 126 Å². The maximum Gasteiger partial charge on any atom is 0.263 e. The molecule has 0 spiro atoms. The molecule has 1 fully saturated rings. The number of hydrogen-bond acceptors (Lipinski definition) is 6. The summed E-state index contributed by atoms with van der Waals surface area (Å²) >= 11 is 12.0. The molecule has 1 aliphatic heterocycles. The van der Waals surface area contributed by atoms with Crippen LogP contribution < -0.4 is 10.0 Å². The van der Waals surface area contributed by atoms with E-state index in [1.165, 1.54) is 46.9 Å². The molecule has 1 saturated heterocycles. The molecule has 2 N–H and O–H groups in total. The zero-order chi connectivity index (χ0) is 26.6. The number of pyridine rings is 1. The van der Waals surface area contributed by atoms with Crippen molar-refractivity contribution in [1.82, 2.24) is 9.29 Å². The Morgan fingerprint density at radius 2 is 1.78 bits per heavy atom. The Balaban J connectivity index is 1.38. The van der Waals surface area contributed by atoms with E-state index >= 15 is 0 Å². The van der Waals surface area contributed by atoms with Crippen molar-refractivity contribution in [3.8, 4) is 0 Å². The predicted octanol–water partition coefficient (Wildman–Crippen LogP) is 4.37. The first-order valence-electron chi connectivity index (χ1n) is 11.3. The Bertz CT molecular complexity index is 1490. The highest BCUT2D eigenvalue weighted by atomic mass is 35.5. The summed E-state index contributed by atoms with van der Waals surface area (Å²) in [5, 5.41) is 3.43. The number of sulfonamides is 2. The summed E-state index contributed by atoms with van der Waals surface area (Å²) in [7, 11) is -7.56. The normalized spacial score (nSPS) is 16.8. The number of halogens is 2. The fourth-order valence-electron chi connectivity index (χ4n) is 3.92. The average Bonchev–Trinajstić information content (AvgIpc) is 2.86. The molecule has 1 atom stereocenters. The van der Waals surface area contributed by atoms with Crippen LogP contribution in [0.25, 0.3) is 0 Å². The van der Waals surface area contributed by atoms with Crippen molar-refractivity contribution >= 4 is 60.7 Å². The van der Waals surface area contributed by atoms with E-state index in [0.717, 1.165) is 0 Å². The van der Waals surface area contributed by atoms with Crippen LogP contribution in [0.5, 0.6) is 0 Å². The van der Waals surface area contributed by atoms with E-state index < -0.39 is 26.0 Å². The van der Waals surface area contributed by atoms with Crippen LogP contribution in [0, 0.1) is 5.92 Å². The van der Waals surface area contributed by atoms with E-state index in [1.54, 1.807) is 24.3 Å². The number of piperidine rings is 1. The molecule has 3 aromatic rings. The smallest absolute Gasteiger partial charge is 0.263 e. The molecule has 9 nitrogen and oxygen atoms in total. The monoisotopic (exact) mass is 582 g/mol. The lowest BCUT2D eigenvalue weighted by atomic mass is 9.99. The third-order valence-electron chi connectivity index (χ3n) is 5.84. The van der Waals surface area contributed by atoms with Gasteiger partial charge in [-0.15, -0.1) is 0 Å². The van der Waals surface area contributed by atoms with Gasteiger partial charge in [0.15, 0.2) is 0 Å². The van der Waals surface area contributed by atoms with Crippen molar-refractivity contribution in [3.05, 3.63) is 82.5 Å². The highest BCUT2D eigenvalue weighted by molar-refractivity contribution is 7.92. The third kappa shape index (κ3) is 6.99. The van der Waals surface area contributed by atoms with Gasteiger partial charge in [-0.25, -0.2) is 26.1 Å². The number of amides is 1. The van der Waals surface area contributed by atoms with E-state index in [-0.39, 0.29) is 33.9 Å². The zero-order valence-corrected chi connectivity index (χ0v) is 22.6. The Morgan fingerprint density at radius 3 is 2.46 bits per heavy atom. The van der Waals surface area contributed by atoms with Gasteiger partial charge in [0.1, 0.15) is 5.82 Å². The standard InChI is InChI=1S/C24H24Cl2N4O5S2/c25-19-7-6-18(22(26)14-19)16-36(32,33)30-13-3-4-17(15-30)24(31)28-20-8-10-21(11-9-20)37(34,35)29-23-5-1-2-12-27-23/h1-2,5-12,14,17H,3-4,13,15-16H2,(H,27,29)(H,28,31)/t17-/m1/s1. The summed E-state index contributed by atoms with van der Waals surface area (Å²) in [4.78, 5) is 16.9. The first-order chi connectivity index (χ1) is 17.5. The quantitative estimate of drug-likeness (QED) is 0.406. The van der Waals surface area contributed by atoms with Gasteiger partial charge in [0.05, 0.1) is 16.6 Å². The van der Waals surface area contributed by atoms with Gasteiger partial charge < -0.3 is 5.32 Å². The van der Waals surface area contributed by atoms with Gasteiger partial charge in [0, 0.05) is 35.0 Å². The van der Waals surface area contributed by atoms with Crippen molar-refractivity contribution in [2.24, 2.45) is 5.92 Å². The number of hydrogen-bond donors (Lipinski definition) is 2. The van der Waals surface area contributed by atoms with Crippen molar-refractivity contribution in [3.63, 3.8) is 0 Å². The van der Waals surface area contributed by atoms with Gasteiger partial charge in [0.25, 0.3) is 10.0 Å². The summed E-state index contributed by atoms with van der Waals surface area (Å²) < 4.78 is 54.9. The fraction of sp³-hybridized carbons (Fsp3) is 0.250. The van der Waals surface area contributed by atoms with E-state index in [9.17, 15) is 21.6 Å². The molecule has 0 radical (unpaired) electrons. The van der Waals surface area contributed by atoms with E-state index in [4.69, 9.17) is 23.2 Å². The second-order valence-electron chi connectivity index (χ2n) is 8.52. The molecule has 1 aromatic heterocycles. The molecule has 4 rings (SSSR count). The molecule has 13 heteroatoms. The van der Waals surface area contributed by atoms with E-state index in [2.05, 4.69) is 15.0 Å². The lowest BCUT2D eigenvalue weighted by molar-refractivity contribution is -0.120. The van der Waals surface area contributed by atoms with Crippen LogP contribution in [0.4, 0.5) is 11.5 Å². The largest absolute Gasteiger partial charge is 0.326 e. The number of carbonyl (C=O) groups excluding carboxylic acids is 1. The van der Waals surface area contributed by atoms with Gasteiger partial charge in [-0.3, -0.25) is 9.52 Å². The van der Waals surface area contributed by atoms with Gasteiger partial charge in [0.2, 0.25) is 15.9 Å².